The van der Waals surface area contributed by atoms with Gasteiger partial charge in [0.25, 0.3) is 0 Å². The van der Waals surface area contributed by atoms with E-state index in [9.17, 15) is 34.5 Å². The molecular formula is C24H35N5O7. The number of aliphatic hydroxyl groups excluding tert-OH is 2. The summed E-state index contributed by atoms with van der Waals surface area (Å²) in [6, 6.07) is 2.26. The summed E-state index contributed by atoms with van der Waals surface area (Å²) in [4.78, 5) is 52.6. The molecule has 0 aliphatic rings. The van der Waals surface area contributed by atoms with Crippen molar-refractivity contribution in [1.29, 1.82) is 0 Å². The summed E-state index contributed by atoms with van der Waals surface area (Å²) in [6.07, 6.45) is 1.02. The van der Waals surface area contributed by atoms with Crippen LogP contribution in [0.2, 0.25) is 0 Å². The van der Waals surface area contributed by atoms with Crippen LogP contribution in [0.15, 0.2) is 30.5 Å². The highest BCUT2D eigenvalue weighted by Crippen LogP contribution is 2.18. The average molecular weight is 506 g/mol. The maximum absolute atomic E-state index is 12.8. The van der Waals surface area contributed by atoms with Crippen LogP contribution in [0.4, 0.5) is 0 Å². The summed E-state index contributed by atoms with van der Waals surface area (Å²) in [5, 5.41) is 36.9. The fraction of sp³-hybridized carbons (Fsp3) is 0.500. The molecule has 0 saturated carbocycles. The predicted molar refractivity (Wildman–Crippen MR) is 132 cm³/mol. The summed E-state index contributed by atoms with van der Waals surface area (Å²) in [7, 11) is 0. The lowest BCUT2D eigenvalue weighted by Crippen LogP contribution is -2.61. The number of aromatic amines is 1. The molecule has 1 aromatic heterocycles. The number of benzene rings is 1. The summed E-state index contributed by atoms with van der Waals surface area (Å²) in [6.45, 7) is 3.85. The number of amides is 3. The Morgan fingerprint density at radius 3 is 2.22 bits per heavy atom. The predicted octanol–water partition coefficient (Wildman–Crippen LogP) is -1.00. The van der Waals surface area contributed by atoms with E-state index in [0.29, 0.717) is 6.42 Å². The molecule has 12 heteroatoms. The van der Waals surface area contributed by atoms with Crippen LogP contribution < -0.4 is 21.7 Å². The molecule has 0 saturated heterocycles. The number of carbonyl (C=O) groups excluding carboxylic acids is 3. The molecule has 12 nitrogen and oxygen atoms in total. The lowest BCUT2D eigenvalue weighted by Gasteiger charge is -2.26. The van der Waals surface area contributed by atoms with Gasteiger partial charge in [0, 0.05) is 17.1 Å². The number of hydrogen-bond acceptors (Lipinski definition) is 7. The van der Waals surface area contributed by atoms with E-state index in [1.165, 1.54) is 6.92 Å². The van der Waals surface area contributed by atoms with Gasteiger partial charge in [-0.1, -0.05) is 38.5 Å². The van der Waals surface area contributed by atoms with Gasteiger partial charge in [0.05, 0.1) is 18.8 Å². The third-order valence-corrected chi connectivity index (χ3v) is 6.11. The van der Waals surface area contributed by atoms with Gasteiger partial charge in [-0.15, -0.1) is 0 Å². The minimum atomic E-state index is -1.50. The molecule has 36 heavy (non-hydrogen) atoms. The van der Waals surface area contributed by atoms with Gasteiger partial charge in [-0.2, -0.15) is 0 Å². The van der Waals surface area contributed by atoms with Gasteiger partial charge in [-0.3, -0.25) is 14.4 Å². The number of aliphatic hydroxyl groups is 2. The van der Waals surface area contributed by atoms with Crippen molar-refractivity contribution in [2.24, 2.45) is 11.7 Å². The standard InChI is InChI=1S/C24H35N5O7/c1-4-12(2)19(24(35)36)28-22(33)18(11-30)27-23(34)20(13(3)31)29-21(32)16(25)9-14-10-26-17-8-6-5-7-15(14)17/h5-8,10,12-13,16,18-20,26,30-31H,4,9,11,25H2,1-3H3,(H,27,34)(H,28,33)(H,29,32)(H,35,36). The van der Waals surface area contributed by atoms with Crippen LogP contribution in [0.3, 0.4) is 0 Å². The van der Waals surface area contributed by atoms with Gasteiger partial charge < -0.3 is 42.0 Å². The number of nitrogens with two attached hydrogens (primary N) is 1. The Bertz CT molecular complexity index is 1070. The smallest absolute Gasteiger partial charge is 0.326 e. The average Bonchev–Trinajstić information content (AvgIpc) is 3.25. The highest BCUT2D eigenvalue weighted by molar-refractivity contribution is 5.94. The molecule has 1 heterocycles. The number of hydrogen-bond donors (Lipinski definition) is 8. The maximum atomic E-state index is 12.8. The zero-order valence-electron chi connectivity index (χ0n) is 20.5. The molecule has 0 aliphatic heterocycles. The first-order chi connectivity index (χ1) is 17.0. The first-order valence-corrected chi connectivity index (χ1v) is 11.7. The molecule has 3 amide bonds. The number of para-hydroxylation sites is 1. The Balaban J connectivity index is 2.04. The molecule has 6 unspecified atom stereocenters. The van der Waals surface area contributed by atoms with Crippen molar-refractivity contribution < 1.29 is 34.5 Å². The van der Waals surface area contributed by atoms with Gasteiger partial charge in [0.15, 0.2) is 0 Å². The fourth-order valence-electron chi connectivity index (χ4n) is 3.69. The van der Waals surface area contributed by atoms with E-state index in [1.54, 1.807) is 20.0 Å². The molecule has 0 fully saturated rings. The maximum Gasteiger partial charge on any atom is 0.326 e. The second kappa shape index (κ2) is 13.0. The number of carbonyl (C=O) groups is 4. The number of rotatable bonds is 13. The van der Waals surface area contributed by atoms with Crippen LogP contribution in [0.25, 0.3) is 10.9 Å². The Labute approximate surface area is 208 Å². The molecule has 1 aromatic carbocycles. The summed E-state index contributed by atoms with van der Waals surface area (Å²) in [5.74, 6) is -4.20. The van der Waals surface area contributed by atoms with Crippen LogP contribution in [0.5, 0.6) is 0 Å². The lowest BCUT2D eigenvalue weighted by molar-refractivity contribution is -0.144. The molecule has 0 aliphatic carbocycles. The molecule has 2 aromatic rings. The molecule has 198 valence electrons. The molecular weight excluding hydrogens is 470 g/mol. The third kappa shape index (κ3) is 7.26. The SMILES string of the molecule is CCC(C)C(NC(=O)C(CO)NC(=O)C(NC(=O)C(N)Cc1c[nH]c2ccccc12)C(C)O)C(=O)O. The van der Waals surface area contributed by atoms with Crippen molar-refractivity contribution in [2.45, 2.75) is 63.9 Å². The quantitative estimate of drug-likeness (QED) is 0.169. The van der Waals surface area contributed by atoms with Crippen LogP contribution in [0.1, 0.15) is 32.8 Å². The van der Waals surface area contributed by atoms with E-state index in [-0.39, 0.29) is 6.42 Å². The largest absolute Gasteiger partial charge is 0.480 e. The van der Waals surface area contributed by atoms with Gasteiger partial charge in [-0.25, -0.2) is 4.79 Å². The molecule has 9 N–H and O–H groups in total. The number of carboxylic acid groups (broad SMARTS) is 1. The molecule has 0 spiro atoms. The third-order valence-electron chi connectivity index (χ3n) is 6.11. The Kier molecular flexibility index (Phi) is 10.4. The number of nitrogens with one attached hydrogen (secondary N) is 4. The first-order valence-electron chi connectivity index (χ1n) is 11.7. The normalized spacial score (nSPS) is 16.3. The van der Waals surface area contributed by atoms with E-state index in [0.717, 1.165) is 16.5 Å². The zero-order chi connectivity index (χ0) is 27.0. The van der Waals surface area contributed by atoms with Gasteiger partial charge in [-0.05, 0) is 30.9 Å². The number of fused-ring (bicyclic) bond motifs is 1. The highest BCUT2D eigenvalue weighted by Gasteiger charge is 2.33. The lowest BCUT2D eigenvalue weighted by atomic mass is 9.99. The number of aliphatic carboxylic acids is 1. The minimum Gasteiger partial charge on any atom is -0.480 e. The molecule has 6 atom stereocenters. The van der Waals surface area contributed by atoms with E-state index in [2.05, 4.69) is 20.9 Å². The van der Waals surface area contributed by atoms with Crippen molar-refractivity contribution in [3.8, 4) is 0 Å². The zero-order valence-corrected chi connectivity index (χ0v) is 20.5. The van der Waals surface area contributed by atoms with E-state index in [4.69, 9.17) is 5.73 Å². The second-order valence-corrected chi connectivity index (χ2v) is 8.85. The van der Waals surface area contributed by atoms with E-state index in [1.807, 2.05) is 24.3 Å². The van der Waals surface area contributed by atoms with Crippen LogP contribution in [-0.2, 0) is 25.6 Å². The monoisotopic (exact) mass is 505 g/mol. The molecule has 2 rings (SSSR count). The Morgan fingerprint density at radius 2 is 1.64 bits per heavy atom. The molecule has 0 radical (unpaired) electrons. The van der Waals surface area contributed by atoms with E-state index < -0.39 is 66.5 Å². The summed E-state index contributed by atoms with van der Waals surface area (Å²) < 4.78 is 0. The van der Waals surface area contributed by atoms with Crippen molar-refractivity contribution in [1.82, 2.24) is 20.9 Å². The summed E-state index contributed by atoms with van der Waals surface area (Å²) in [5.41, 5.74) is 7.74. The number of aromatic nitrogens is 1. The van der Waals surface area contributed by atoms with E-state index >= 15 is 0 Å². The topological polar surface area (TPSA) is 207 Å². The highest BCUT2D eigenvalue weighted by atomic mass is 16.4. The summed E-state index contributed by atoms with van der Waals surface area (Å²) >= 11 is 0. The van der Waals surface area contributed by atoms with Crippen LogP contribution in [-0.4, -0.2) is 80.9 Å². The Morgan fingerprint density at radius 1 is 1.00 bits per heavy atom. The van der Waals surface area contributed by atoms with Crippen LogP contribution in [0, 0.1) is 5.92 Å². The fourth-order valence-corrected chi connectivity index (χ4v) is 3.69. The number of carboxylic acids is 1. The number of H-pyrrole nitrogens is 1. The van der Waals surface area contributed by atoms with Crippen molar-refractivity contribution in [3.05, 3.63) is 36.0 Å². The van der Waals surface area contributed by atoms with Crippen molar-refractivity contribution >= 4 is 34.6 Å². The van der Waals surface area contributed by atoms with Gasteiger partial charge >= 0.3 is 5.97 Å². The van der Waals surface area contributed by atoms with Crippen molar-refractivity contribution in [2.75, 3.05) is 6.61 Å². The first kappa shape index (κ1) is 28.8. The Hall–Kier alpha value is -3.48. The second-order valence-electron chi connectivity index (χ2n) is 8.85. The van der Waals surface area contributed by atoms with Gasteiger partial charge in [0.2, 0.25) is 17.7 Å². The van der Waals surface area contributed by atoms with Gasteiger partial charge in [0.1, 0.15) is 18.1 Å². The van der Waals surface area contributed by atoms with Crippen molar-refractivity contribution in [3.63, 3.8) is 0 Å². The minimum absolute atomic E-state index is 0.165. The molecule has 0 bridgehead atoms. The van der Waals surface area contributed by atoms with Crippen LogP contribution >= 0.6 is 0 Å².